The monoisotopic (exact) mass is 329 g/mol. The molecule has 1 aliphatic heterocycles. The zero-order valence-corrected chi connectivity index (χ0v) is 14.2. The van der Waals surface area contributed by atoms with Crippen LogP contribution in [0, 0.1) is 5.92 Å². The van der Waals surface area contributed by atoms with Crippen molar-refractivity contribution in [1.82, 2.24) is 4.90 Å². The highest BCUT2D eigenvalue weighted by molar-refractivity contribution is 5.96. The van der Waals surface area contributed by atoms with Crippen LogP contribution in [0.4, 0.5) is 0 Å². The Morgan fingerprint density at radius 1 is 1.21 bits per heavy atom. The summed E-state index contributed by atoms with van der Waals surface area (Å²) in [4.78, 5) is 14.6. The molecule has 1 atom stereocenters. The van der Waals surface area contributed by atoms with E-state index < -0.39 is 5.60 Å². The fraction of sp³-hybridized carbons (Fsp3) is 0.421. The van der Waals surface area contributed by atoms with Crippen molar-refractivity contribution >= 4 is 5.91 Å². The van der Waals surface area contributed by atoms with E-state index in [2.05, 4.69) is 0 Å². The molecule has 0 bridgehead atoms. The van der Waals surface area contributed by atoms with Crippen LogP contribution in [-0.2, 0) is 17.9 Å². The Balaban J connectivity index is 1.91. The summed E-state index contributed by atoms with van der Waals surface area (Å²) in [5, 5.41) is 30.4. The van der Waals surface area contributed by atoms with Gasteiger partial charge in [0.1, 0.15) is 5.75 Å². The molecule has 1 heterocycles. The van der Waals surface area contributed by atoms with E-state index in [1.54, 1.807) is 30.0 Å². The van der Waals surface area contributed by atoms with Gasteiger partial charge in [0.25, 0.3) is 5.91 Å². The van der Waals surface area contributed by atoms with Gasteiger partial charge in [-0.05, 0) is 47.8 Å². The molecule has 128 valence electrons. The molecule has 3 N–H and O–H groups in total. The van der Waals surface area contributed by atoms with E-state index in [1.807, 2.05) is 19.9 Å². The maximum absolute atomic E-state index is 13.0. The third-order valence-corrected chi connectivity index (χ3v) is 4.78. The van der Waals surface area contributed by atoms with Gasteiger partial charge in [0.2, 0.25) is 0 Å². The largest absolute Gasteiger partial charge is 0.512 e. The van der Waals surface area contributed by atoms with E-state index in [9.17, 15) is 20.1 Å². The van der Waals surface area contributed by atoms with Gasteiger partial charge in [-0.1, -0.05) is 19.9 Å². The van der Waals surface area contributed by atoms with Crippen LogP contribution in [0.1, 0.15) is 38.3 Å². The van der Waals surface area contributed by atoms with Gasteiger partial charge in [-0.2, -0.15) is 0 Å². The van der Waals surface area contributed by atoms with Crippen molar-refractivity contribution in [1.29, 1.82) is 0 Å². The highest BCUT2D eigenvalue weighted by Gasteiger charge is 2.39. The fourth-order valence-corrected chi connectivity index (χ4v) is 3.40. The number of aromatic hydroxyl groups is 1. The third-order valence-electron chi connectivity index (χ3n) is 4.78. The zero-order chi connectivity index (χ0) is 17.6. The first kappa shape index (κ1) is 16.6. The number of rotatable bonds is 2. The molecule has 3 rings (SSSR count). The predicted molar refractivity (Wildman–Crippen MR) is 90.2 cm³/mol. The van der Waals surface area contributed by atoms with Crippen LogP contribution in [0.3, 0.4) is 0 Å². The fourth-order valence-electron chi connectivity index (χ4n) is 3.40. The number of hydrogen-bond donors (Lipinski definition) is 3. The summed E-state index contributed by atoms with van der Waals surface area (Å²) in [6, 6.07) is 5.10. The van der Waals surface area contributed by atoms with E-state index in [1.165, 1.54) is 0 Å². The predicted octanol–water partition coefficient (Wildman–Crippen LogP) is 2.78. The minimum absolute atomic E-state index is 0.0413. The molecule has 0 fully saturated rings. The van der Waals surface area contributed by atoms with Gasteiger partial charge in [0.15, 0.2) is 0 Å². The second kappa shape index (κ2) is 5.67. The Morgan fingerprint density at radius 3 is 2.54 bits per heavy atom. The van der Waals surface area contributed by atoms with Crippen molar-refractivity contribution < 1.29 is 20.1 Å². The average molecular weight is 329 g/mol. The van der Waals surface area contributed by atoms with E-state index in [0.717, 1.165) is 11.1 Å². The number of phenols is 1. The van der Waals surface area contributed by atoms with Gasteiger partial charge >= 0.3 is 0 Å². The van der Waals surface area contributed by atoms with Crippen molar-refractivity contribution in [3.63, 3.8) is 0 Å². The standard InChI is InChI=1S/C19H23NO4/c1-11(2)15-7-16(19(3,24)8-17(15)22)18(23)20-9-12-4-5-14(21)6-13(12)10-20/h4-7,11,21-22,24H,8-10H2,1-3H3. The number of fused-ring (bicyclic) bond motifs is 1. The molecule has 1 amide bonds. The second-order valence-electron chi connectivity index (χ2n) is 7.18. The molecule has 5 heteroatoms. The van der Waals surface area contributed by atoms with Crippen LogP contribution in [0.25, 0.3) is 0 Å². The Hall–Kier alpha value is -2.27. The molecular weight excluding hydrogens is 306 g/mol. The normalized spacial score (nSPS) is 23.5. The van der Waals surface area contributed by atoms with Gasteiger partial charge in [-0.3, -0.25) is 4.79 Å². The number of hydrogen-bond acceptors (Lipinski definition) is 4. The number of phenolic OH excluding ortho intramolecular Hbond substituents is 1. The van der Waals surface area contributed by atoms with Crippen LogP contribution >= 0.6 is 0 Å². The SMILES string of the molecule is CC(C)C1=C(O)CC(C)(O)C(C(=O)N2Cc3ccc(O)cc3C2)=C1. The number of aliphatic hydroxyl groups excluding tert-OH is 1. The molecule has 1 aliphatic carbocycles. The summed E-state index contributed by atoms with van der Waals surface area (Å²) >= 11 is 0. The third kappa shape index (κ3) is 2.80. The van der Waals surface area contributed by atoms with Crippen molar-refractivity contribution in [2.75, 3.05) is 0 Å². The summed E-state index contributed by atoms with van der Waals surface area (Å²) in [7, 11) is 0. The Labute approximate surface area is 141 Å². The first-order valence-electron chi connectivity index (χ1n) is 8.15. The molecule has 0 aromatic heterocycles. The van der Waals surface area contributed by atoms with E-state index >= 15 is 0 Å². The summed E-state index contributed by atoms with van der Waals surface area (Å²) in [6.07, 6.45) is 1.67. The Bertz CT molecular complexity index is 759. The maximum atomic E-state index is 13.0. The van der Waals surface area contributed by atoms with Crippen molar-refractivity contribution in [2.24, 2.45) is 5.92 Å². The number of aliphatic hydroxyl groups is 2. The first-order valence-corrected chi connectivity index (χ1v) is 8.15. The van der Waals surface area contributed by atoms with Crippen LogP contribution in [0.15, 0.2) is 41.2 Å². The lowest BCUT2D eigenvalue weighted by Gasteiger charge is -2.33. The maximum Gasteiger partial charge on any atom is 0.253 e. The summed E-state index contributed by atoms with van der Waals surface area (Å²) in [5.74, 6) is 0.154. The Morgan fingerprint density at radius 2 is 1.88 bits per heavy atom. The first-order chi connectivity index (χ1) is 11.2. The van der Waals surface area contributed by atoms with Gasteiger partial charge in [0, 0.05) is 25.1 Å². The molecule has 0 spiro atoms. The molecular formula is C19H23NO4. The molecule has 1 aromatic rings. The lowest BCUT2D eigenvalue weighted by Crippen LogP contribution is -2.40. The number of carbonyl (C=O) groups is 1. The van der Waals surface area contributed by atoms with E-state index in [4.69, 9.17) is 0 Å². The average Bonchev–Trinajstić information content (AvgIpc) is 2.88. The van der Waals surface area contributed by atoms with Crippen LogP contribution in [-0.4, -0.2) is 31.7 Å². The van der Waals surface area contributed by atoms with Crippen LogP contribution < -0.4 is 0 Å². The minimum atomic E-state index is -1.39. The van der Waals surface area contributed by atoms with Crippen molar-refractivity contribution in [3.05, 3.63) is 52.3 Å². The highest BCUT2D eigenvalue weighted by Crippen LogP contribution is 2.37. The van der Waals surface area contributed by atoms with Gasteiger partial charge in [-0.15, -0.1) is 0 Å². The number of amides is 1. The second-order valence-corrected chi connectivity index (χ2v) is 7.18. The molecule has 0 saturated carbocycles. The molecule has 0 saturated heterocycles. The molecule has 2 aliphatic rings. The quantitative estimate of drug-likeness (QED) is 0.779. The van der Waals surface area contributed by atoms with E-state index in [-0.39, 0.29) is 29.8 Å². The number of allylic oxidation sites excluding steroid dienone is 2. The smallest absolute Gasteiger partial charge is 0.253 e. The summed E-state index contributed by atoms with van der Waals surface area (Å²) in [5.41, 5.74) is 1.53. The Kier molecular flexibility index (Phi) is 3.92. The zero-order valence-electron chi connectivity index (χ0n) is 14.2. The lowest BCUT2D eigenvalue weighted by atomic mass is 9.81. The van der Waals surface area contributed by atoms with E-state index in [0.29, 0.717) is 24.2 Å². The summed E-state index contributed by atoms with van der Waals surface area (Å²) in [6.45, 7) is 6.30. The molecule has 24 heavy (non-hydrogen) atoms. The topological polar surface area (TPSA) is 81.0 Å². The van der Waals surface area contributed by atoms with Crippen LogP contribution in [0.2, 0.25) is 0 Å². The molecule has 0 radical (unpaired) electrons. The number of carbonyl (C=O) groups excluding carboxylic acids is 1. The molecule has 1 aromatic carbocycles. The van der Waals surface area contributed by atoms with Gasteiger partial charge < -0.3 is 20.2 Å². The van der Waals surface area contributed by atoms with Gasteiger partial charge in [-0.25, -0.2) is 0 Å². The van der Waals surface area contributed by atoms with Crippen molar-refractivity contribution in [3.8, 4) is 5.75 Å². The van der Waals surface area contributed by atoms with Crippen LogP contribution in [0.5, 0.6) is 5.75 Å². The van der Waals surface area contributed by atoms with Gasteiger partial charge in [0.05, 0.1) is 11.4 Å². The lowest BCUT2D eigenvalue weighted by molar-refractivity contribution is -0.130. The van der Waals surface area contributed by atoms with Crippen molar-refractivity contribution in [2.45, 2.75) is 45.9 Å². The minimum Gasteiger partial charge on any atom is -0.512 e. The number of nitrogens with zero attached hydrogens (tertiary/aromatic N) is 1. The highest BCUT2D eigenvalue weighted by atomic mass is 16.3. The summed E-state index contributed by atoms with van der Waals surface area (Å²) < 4.78 is 0. The number of benzene rings is 1. The molecule has 5 nitrogen and oxygen atoms in total. The molecule has 1 unspecified atom stereocenters.